The van der Waals surface area contributed by atoms with E-state index in [4.69, 9.17) is 4.74 Å². The van der Waals surface area contributed by atoms with E-state index >= 15 is 0 Å². The molecule has 1 atom stereocenters. The number of halogens is 3. The Kier molecular flexibility index (Phi) is 9.40. The molecule has 4 aromatic rings. The highest BCUT2D eigenvalue weighted by molar-refractivity contribution is 5.97. The lowest BCUT2D eigenvalue weighted by molar-refractivity contribution is -0.161. The van der Waals surface area contributed by atoms with Gasteiger partial charge in [-0.05, 0) is 72.3 Å². The average Bonchev–Trinajstić information content (AvgIpc) is 3.64. The molecule has 46 heavy (non-hydrogen) atoms. The highest BCUT2D eigenvalue weighted by atomic mass is 19.4. The number of unbranched alkanes of at least 4 members (excludes halogenated alkanes) is 1. The minimum absolute atomic E-state index is 0.0192. The molecule has 4 aromatic carbocycles. The molecule has 1 unspecified atom stereocenters. The molecule has 1 saturated heterocycles. The lowest BCUT2D eigenvalue weighted by Crippen LogP contribution is -2.42. The molecule has 1 heterocycles. The molecule has 6 rings (SSSR count). The number of alkyl halides is 3. The van der Waals surface area contributed by atoms with E-state index in [1.54, 1.807) is 18.2 Å². The molecule has 0 aromatic heterocycles. The van der Waals surface area contributed by atoms with Crippen LogP contribution in [0, 0.1) is 0 Å². The van der Waals surface area contributed by atoms with Gasteiger partial charge < -0.3 is 19.9 Å². The number of hydrogen-bond acceptors (Lipinski definition) is 4. The zero-order chi connectivity index (χ0) is 32.1. The van der Waals surface area contributed by atoms with Crippen molar-refractivity contribution < 1.29 is 27.5 Å². The summed E-state index contributed by atoms with van der Waals surface area (Å²) in [5.41, 5.74) is 3.74. The minimum Gasteiger partial charge on any atom is -0.457 e. The summed E-state index contributed by atoms with van der Waals surface area (Å²) in [7, 11) is 0. The normalized spacial score (nSPS) is 16.1. The molecular formula is C37H36F3N3O3. The van der Waals surface area contributed by atoms with Crippen LogP contribution in [0.2, 0.25) is 0 Å². The van der Waals surface area contributed by atoms with Gasteiger partial charge in [-0.15, -0.1) is 0 Å². The van der Waals surface area contributed by atoms with E-state index < -0.39 is 24.5 Å². The molecule has 0 spiro atoms. The van der Waals surface area contributed by atoms with Crippen LogP contribution in [-0.2, 0) is 4.79 Å². The first-order chi connectivity index (χ1) is 22.3. The fourth-order valence-electron chi connectivity index (χ4n) is 6.50. The van der Waals surface area contributed by atoms with Gasteiger partial charge in [-0.25, -0.2) is 0 Å². The number of hydrogen-bond donors (Lipinski definition) is 1. The summed E-state index contributed by atoms with van der Waals surface area (Å²) < 4.78 is 46.9. The van der Waals surface area contributed by atoms with Crippen LogP contribution in [0.3, 0.4) is 0 Å². The van der Waals surface area contributed by atoms with Crippen LogP contribution in [0.1, 0.15) is 46.7 Å². The Morgan fingerprint density at radius 3 is 2.15 bits per heavy atom. The lowest BCUT2D eigenvalue weighted by atomic mass is 9.95. The Bertz CT molecular complexity index is 1630. The standard InChI is InChI=1S/C37H36F3N3O3/c38-37(39,40)25-43(36(45)34-30-16-6-4-14-28(30)29-15-5-7-17-31(29)34)22-11-10-21-42-23-20-26(24-42)41-35(44)32-18-8-9-19-33(32)46-27-12-2-1-3-13-27/h1-9,12-19,26,34H,10-11,20-25H2,(H,41,44). The summed E-state index contributed by atoms with van der Waals surface area (Å²) in [4.78, 5) is 30.1. The number of nitrogens with zero attached hydrogens (tertiary/aromatic N) is 2. The van der Waals surface area contributed by atoms with Crippen LogP contribution in [-0.4, -0.2) is 66.6 Å². The van der Waals surface area contributed by atoms with Crippen molar-refractivity contribution in [1.29, 1.82) is 0 Å². The van der Waals surface area contributed by atoms with Gasteiger partial charge in [-0.2, -0.15) is 13.2 Å². The molecule has 1 N–H and O–H groups in total. The highest BCUT2D eigenvalue weighted by Crippen LogP contribution is 2.45. The zero-order valence-corrected chi connectivity index (χ0v) is 25.4. The number of ether oxygens (including phenoxy) is 1. The van der Waals surface area contributed by atoms with Gasteiger partial charge in [0.15, 0.2) is 0 Å². The molecule has 1 aliphatic carbocycles. The highest BCUT2D eigenvalue weighted by Gasteiger charge is 2.40. The fourth-order valence-corrected chi connectivity index (χ4v) is 6.50. The summed E-state index contributed by atoms with van der Waals surface area (Å²) >= 11 is 0. The first-order valence-electron chi connectivity index (χ1n) is 15.7. The minimum atomic E-state index is -4.50. The van der Waals surface area contributed by atoms with Crippen molar-refractivity contribution in [3.63, 3.8) is 0 Å². The van der Waals surface area contributed by atoms with Gasteiger partial charge in [0, 0.05) is 25.7 Å². The van der Waals surface area contributed by atoms with Gasteiger partial charge in [-0.1, -0.05) is 78.9 Å². The van der Waals surface area contributed by atoms with Gasteiger partial charge in [-0.3, -0.25) is 9.59 Å². The maximum Gasteiger partial charge on any atom is 0.406 e. The zero-order valence-electron chi connectivity index (χ0n) is 25.4. The van der Waals surface area contributed by atoms with Gasteiger partial charge in [0.25, 0.3) is 5.91 Å². The van der Waals surface area contributed by atoms with Crippen molar-refractivity contribution in [2.24, 2.45) is 0 Å². The second kappa shape index (κ2) is 13.8. The van der Waals surface area contributed by atoms with Crippen molar-refractivity contribution in [1.82, 2.24) is 15.1 Å². The van der Waals surface area contributed by atoms with Crippen molar-refractivity contribution in [2.45, 2.75) is 37.4 Å². The molecule has 2 amide bonds. The van der Waals surface area contributed by atoms with Crippen molar-refractivity contribution in [3.8, 4) is 22.6 Å². The van der Waals surface area contributed by atoms with Crippen LogP contribution in [0.5, 0.6) is 11.5 Å². The van der Waals surface area contributed by atoms with E-state index in [-0.39, 0.29) is 18.5 Å². The maximum absolute atomic E-state index is 13.8. The van der Waals surface area contributed by atoms with Gasteiger partial charge in [0.2, 0.25) is 5.91 Å². The van der Waals surface area contributed by atoms with Crippen molar-refractivity contribution in [2.75, 3.05) is 32.7 Å². The summed E-state index contributed by atoms with van der Waals surface area (Å²) in [6.45, 7) is 0.830. The monoisotopic (exact) mass is 627 g/mol. The third-order valence-electron chi connectivity index (χ3n) is 8.63. The van der Waals surface area contributed by atoms with Crippen LogP contribution in [0.25, 0.3) is 11.1 Å². The smallest absolute Gasteiger partial charge is 0.406 e. The predicted octanol–water partition coefficient (Wildman–Crippen LogP) is 7.27. The third kappa shape index (κ3) is 7.26. The Morgan fingerprint density at radius 1 is 0.826 bits per heavy atom. The molecule has 0 bridgehead atoms. The van der Waals surface area contributed by atoms with Crippen LogP contribution < -0.4 is 10.1 Å². The van der Waals surface area contributed by atoms with E-state index in [1.165, 1.54) is 0 Å². The predicted molar refractivity (Wildman–Crippen MR) is 171 cm³/mol. The van der Waals surface area contributed by atoms with Crippen LogP contribution in [0.15, 0.2) is 103 Å². The summed E-state index contributed by atoms with van der Waals surface area (Å²) in [6, 6.07) is 31.2. The number of para-hydroxylation sites is 2. The number of rotatable bonds is 11. The molecule has 1 aliphatic heterocycles. The summed E-state index contributed by atoms with van der Waals surface area (Å²) in [6.07, 6.45) is -2.66. The number of amides is 2. The van der Waals surface area contributed by atoms with E-state index in [1.807, 2.05) is 84.9 Å². The molecule has 0 radical (unpaired) electrons. The summed E-state index contributed by atoms with van der Waals surface area (Å²) in [5, 5.41) is 3.11. The molecule has 238 valence electrons. The molecule has 6 nitrogen and oxygen atoms in total. The van der Waals surface area contributed by atoms with E-state index in [9.17, 15) is 22.8 Å². The SMILES string of the molecule is O=C(NC1CCN(CCCCN(CC(F)(F)F)C(=O)C2c3ccccc3-c3ccccc32)C1)c1ccccc1Oc1ccccc1. The van der Waals surface area contributed by atoms with Crippen molar-refractivity contribution >= 4 is 11.8 Å². The topological polar surface area (TPSA) is 61.9 Å². The molecule has 0 saturated carbocycles. The second-order valence-corrected chi connectivity index (χ2v) is 11.9. The lowest BCUT2D eigenvalue weighted by Gasteiger charge is -2.28. The first-order valence-corrected chi connectivity index (χ1v) is 15.7. The Morgan fingerprint density at radius 2 is 1.46 bits per heavy atom. The Labute approximate surface area is 266 Å². The number of carbonyl (C=O) groups is 2. The molecule has 9 heteroatoms. The Hall–Kier alpha value is -4.63. The number of benzene rings is 4. The van der Waals surface area contributed by atoms with Crippen molar-refractivity contribution in [3.05, 3.63) is 120 Å². The van der Waals surface area contributed by atoms with E-state index in [0.29, 0.717) is 43.0 Å². The maximum atomic E-state index is 13.8. The van der Waals surface area contributed by atoms with Gasteiger partial charge in [0.05, 0.1) is 11.5 Å². The van der Waals surface area contributed by atoms with Gasteiger partial charge >= 0.3 is 6.18 Å². The number of nitrogens with one attached hydrogen (secondary N) is 1. The number of carbonyl (C=O) groups excluding carboxylic acids is 2. The number of fused-ring (bicyclic) bond motifs is 3. The largest absolute Gasteiger partial charge is 0.457 e. The average molecular weight is 628 g/mol. The Balaban J connectivity index is 1.02. The number of likely N-dealkylation sites (tertiary alicyclic amines) is 1. The fraction of sp³-hybridized carbons (Fsp3) is 0.297. The second-order valence-electron chi connectivity index (χ2n) is 11.9. The molecular weight excluding hydrogens is 591 g/mol. The first kappa shape index (κ1) is 31.4. The third-order valence-corrected chi connectivity index (χ3v) is 8.63. The van der Waals surface area contributed by atoms with E-state index in [2.05, 4.69) is 10.2 Å². The van der Waals surface area contributed by atoms with Crippen LogP contribution >= 0.6 is 0 Å². The van der Waals surface area contributed by atoms with E-state index in [0.717, 1.165) is 40.1 Å². The summed E-state index contributed by atoms with van der Waals surface area (Å²) in [5.74, 6) is -0.363. The van der Waals surface area contributed by atoms with Gasteiger partial charge in [0.1, 0.15) is 18.0 Å². The molecule has 1 fully saturated rings. The quantitative estimate of drug-likeness (QED) is 0.178. The molecule has 2 aliphatic rings. The van der Waals surface area contributed by atoms with Crippen LogP contribution in [0.4, 0.5) is 13.2 Å².